The summed E-state index contributed by atoms with van der Waals surface area (Å²) >= 11 is 13.7. The second-order valence-electron chi connectivity index (χ2n) is 3.76. The molecule has 0 N–H and O–H groups in total. The van der Waals surface area contributed by atoms with Gasteiger partial charge in [-0.05, 0) is 0 Å². The predicted molar refractivity (Wildman–Crippen MR) is 72.7 cm³/mol. The zero-order chi connectivity index (χ0) is 13.4. The van der Waals surface area contributed by atoms with E-state index in [0.717, 1.165) is 0 Å². The number of nitrogens with zero attached hydrogens (tertiary/aromatic N) is 5. The highest BCUT2D eigenvalue weighted by Crippen LogP contribution is 2.42. The predicted octanol–water partition coefficient (Wildman–Crippen LogP) is 1.89. The smallest absolute Gasteiger partial charge is 0.252 e. The standard InChI is InChI=1S/C10H7Cl2N5OS/c11-6-1-13-2-7(12)9(6)10-17(8(18)3-19-10)16-4-14-15-5-16/h1-2,4-5,10H,3H2. The highest BCUT2D eigenvalue weighted by Gasteiger charge is 2.37. The molecule has 0 spiro atoms. The van der Waals surface area contributed by atoms with E-state index in [-0.39, 0.29) is 11.3 Å². The van der Waals surface area contributed by atoms with E-state index in [9.17, 15) is 4.79 Å². The number of carbonyl (C=O) groups excluding carboxylic acids is 1. The SMILES string of the molecule is O=C1CSC(c2c(Cl)cncc2Cl)N1n1cnnc1. The molecule has 9 heteroatoms. The number of hydrogen-bond acceptors (Lipinski definition) is 5. The minimum Gasteiger partial charge on any atom is -0.272 e. The lowest BCUT2D eigenvalue weighted by atomic mass is 10.2. The van der Waals surface area contributed by atoms with Crippen LogP contribution in [0, 0.1) is 0 Å². The highest BCUT2D eigenvalue weighted by molar-refractivity contribution is 8.00. The molecule has 1 unspecified atom stereocenters. The Morgan fingerprint density at radius 3 is 2.47 bits per heavy atom. The highest BCUT2D eigenvalue weighted by atomic mass is 35.5. The van der Waals surface area contributed by atoms with Crippen LogP contribution in [0.2, 0.25) is 10.0 Å². The first kappa shape index (κ1) is 12.7. The van der Waals surface area contributed by atoms with Gasteiger partial charge >= 0.3 is 0 Å². The molecule has 1 atom stereocenters. The second-order valence-corrected chi connectivity index (χ2v) is 5.64. The van der Waals surface area contributed by atoms with Gasteiger partial charge in [0.2, 0.25) is 0 Å². The number of amides is 1. The fourth-order valence-electron chi connectivity index (χ4n) is 1.84. The minimum absolute atomic E-state index is 0.0567. The molecule has 1 saturated heterocycles. The zero-order valence-electron chi connectivity index (χ0n) is 9.40. The van der Waals surface area contributed by atoms with Gasteiger partial charge in [0.15, 0.2) is 0 Å². The molecule has 0 aromatic carbocycles. The fourth-order valence-corrected chi connectivity index (χ4v) is 3.76. The molecule has 0 aliphatic carbocycles. The molecule has 0 saturated carbocycles. The van der Waals surface area contributed by atoms with E-state index in [4.69, 9.17) is 23.2 Å². The van der Waals surface area contributed by atoms with E-state index in [1.165, 1.54) is 46.5 Å². The van der Waals surface area contributed by atoms with Gasteiger partial charge in [0.25, 0.3) is 5.91 Å². The normalized spacial score (nSPS) is 19.2. The van der Waals surface area contributed by atoms with Crippen LogP contribution in [0.3, 0.4) is 0 Å². The number of rotatable bonds is 2. The maximum absolute atomic E-state index is 12.0. The van der Waals surface area contributed by atoms with Crippen molar-refractivity contribution in [1.29, 1.82) is 0 Å². The maximum atomic E-state index is 12.0. The lowest BCUT2D eigenvalue weighted by Crippen LogP contribution is -2.37. The summed E-state index contributed by atoms with van der Waals surface area (Å²) in [6, 6.07) is 0. The van der Waals surface area contributed by atoms with Crippen molar-refractivity contribution >= 4 is 40.9 Å². The summed E-state index contributed by atoms with van der Waals surface area (Å²) in [6.07, 6.45) is 5.94. The van der Waals surface area contributed by atoms with Crippen molar-refractivity contribution in [3.8, 4) is 0 Å². The van der Waals surface area contributed by atoms with Crippen molar-refractivity contribution in [3.05, 3.63) is 40.7 Å². The Labute approximate surface area is 122 Å². The maximum Gasteiger partial charge on any atom is 0.252 e. The number of thioether (sulfide) groups is 1. The van der Waals surface area contributed by atoms with E-state index >= 15 is 0 Å². The van der Waals surface area contributed by atoms with Gasteiger partial charge in [-0.15, -0.1) is 22.0 Å². The topological polar surface area (TPSA) is 63.9 Å². The molecule has 19 heavy (non-hydrogen) atoms. The van der Waals surface area contributed by atoms with Crippen molar-refractivity contribution in [2.45, 2.75) is 5.37 Å². The van der Waals surface area contributed by atoms with E-state index in [0.29, 0.717) is 21.4 Å². The molecule has 1 amide bonds. The van der Waals surface area contributed by atoms with Gasteiger partial charge in [-0.1, -0.05) is 23.2 Å². The van der Waals surface area contributed by atoms with Crippen molar-refractivity contribution in [3.63, 3.8) is 0 Å². The van der Waals surface area contributed by atoms with E-state index < -0.39 is 0 Å². The Balaban J connectivity index is 2.07. The molecule has 1 fully saturated rings. The molecule has 1 aliphatic rings. The van der Waals surface area contributed by atoms with Gasteiger partial charge in [-0.2, -0.15) is 0 Å². The van der Waals surface area contributed by atoms with Gasteiger partial charge in [0.05, 0.1) is 15.8 Å². The Bertz CT molecular complexity index is 600. The van der Waals surface area contributed by atoms with Crippen LogP contribution in [0.15, 0.2) is 25.0 Å². The van der Waals surface area contributed by atoms with Gasteiger partial charge < -0.3 is 0 Å². The van der Waals surface area contributed by atoms with Crippen LogP contribution in [0.1, 0.15) is 10.9 Å². The number of hydrogen-bond donors (Lipinski definition) is 0. The number of pyridine rings is 1. The van der Waals surface area contributed by atoms with Crippen LogP contribution < -0.4 is 5.01 Å². The number of aromatic nitrogens is 4. The molecule has 0 bridgehead atoms. The van der Waals surface area contributed by atoms with Gasteiger partial charge in [-0.25, -0.2) is 9.69 Å². The van der Waals surface area contributed by atoms with Crippen molar-refractivity contribution in [2.24, 2.45) is 0 Å². The monoisotopic (exact) mass is 315 g/mol. The van der Waals surface area contributed by atoms with E-state index in [1.807, 2.05) is 0 Å². The molecule has 6 nitrogen and oxygen atoms in total. The Kier molecular flexibility index (Phi) is 3.34. The first-order valence-electron chi connectivity index (χ1n) is 5.26. The van der Waals surface area contributed by atoms with Crippen LogP contribution >= 0.6 is 35.0 Å². The van der Waals surface area contributed by atoms with Gasteiger partial charge in [0.1, 0.15) is 18.0 Å². The van der Waals surface area contributed by atoms with Crippen LogP contribution in [-0.2, 0) is 4.79 Å². The molecule has 0 radical (unpaired) electrons. The van der Waals surface area contributed by atoms with Crippen LogP contribution in [0.4, 0.5) is 0 Å². The van der Waals surface area contributed by atoms with Crippen LogP contribution in [0.5, 0.6) is 0 Å². The van der Waals surface area contributed by atoms with Crippen LogP contribution in [-0.4, -0.2) is 31.5 Å². The third-order valence-electron chi connectivity index (χ3n) is 2.64. The first-order valence-corrected chi connectivity index (χ1v) is 7.06. The lowest BCUT2D eigenvalue weighted by molar-refractivity contribution is -0.117. The van der Waals surface area contributed by atoms with E-state index in [2.05, 4.69) is 15.2 Å². The average molecular weight is 316 g/mol. The van der Waals surface area contributed by atoms with E-state index in [1.54, 1.807) is 0 Å². The first-order chi connectivity index (χ1) is 9.18. The Morgan fingerprint density at radius 1 is 1.21 bits per heavy atom. The molecule has 1 aliphatic heterocycles. The van der Waals surface area contributed by atoms with Crippen LogP contribution in [0.25, 0.3) is 0 Å². The third-order valence-corrected chi connectivity index (χ3v) is 4.40. The van der Waals surface area contributed by atoms with Gasteiger partial charge in [0, 0.05) is 18.0 Å². The summed E-state index contributed by atoms with van der Waals surface area (Å²) in [5, 5.41) is 9.48. The van der Waals surface area contributed by atoms with Crippen molar-refractivity contribution < 1.29 is 4.79 Å². The molecule has 2 aromatic heterocycles. The molecule has 3 rings (SSSR count). The largest absolute Gasteiger partial charge is 0.272 e. The molecular weight excluding hydrogens is 309 g/mol. The zero-order valence-corrected chi connectivity index (χ0v) is 11.7. The quantitative estimate of drug-likeness (QED) is 0.846. The molecule has 98 valence electrons. The van der Waals surface area contributed by atoms with Crippen molar-refractivity contribution in [1.82, 2.24) is 19.9 Å². The summed E-state index contributed by atoms with van der Waals surface area (Å²) in [7, 11) is 0. The lowest BCUT2D eigenvalue weighted by Gasteiger charge is -2.25. The fraction of sp³-hybridized carbons (Fsp3) is 0.200. The summed E-state index contributed by atoms with van der Waals surface area (Å²) in [6.45, 7) is 0. The molecule has 3 heterocycles. The Hall–Kier alpha value is -1.31. The number of carbonyl (C=O) groups is 1. The minimum atomic E-state index is -0.313. The van der Waals surface area contributed by atoms with Gasteiger partial charge in [-0.3, -0.25) is 9.78 Å². The Morgan fingerprint density at radius 2 is 1.84 bits per heavy atom. The summed E-state index contributed by atoms with van der Waals surface area (Å²) in [4.78, 5) is 15.9. The summed E-state index contributed by atoms with van der Waals surface area (Å²) < 4.78 is 1.53. The summed E-state index contributed by atoms with van der Waals surface area (Å²) in [5.41, 5.74) is 0.669. The second kappa shape index (κ2) is 4.99. The number of halogens is 2. The molecule has 2 aromatic rings. The summed E-state index contributed by atoms with van der Waals surface area (Å²) in [5.74, 6) is 0.288. The van der Waals surface area contributed by atoms with Crippen molar-refractivity contribution in [2.75, 3.05) is 10.8 Å². The molecular formula is C10H7Cl2N5OS. The third kappa shape index (κ3) is 2.18. The average Bonchev–Trinajstić information content (AvgIpc) is 2.99.